The van der Waals surface area contributed by atoms with E-state index in [0.29, 0.717) is 24.6 Å². The molecule has 1 aromatic heterocycles. The van der Waals surface area contributed by atoms with Crippen molar-refractivity contribution in [2.75, 3.05) is 13.2 Å². The first-order chi connectivity index (χ1) is 13.0. The van der Waals surface area contributed by atoms with Crippen LogP contribution in [-0.2, 0) is 0 Å². The molecule has 0 aliphatic carbocycles. The van der Waals surface area contributed by atoms with Crippen LogP contribution in [0, 0.1) is 0 Å². The highest BCUT2D eigenvalue weighted by molar-refractivity contribution is 6.04. The minimum atomic E-state index is -1.36. The number of benzene rings is 2. The second-order valence-electron chi connectivity index (χ2n) is 5.52. The Labute approximate surface area is 153 Å². The molecule has 0 fully saturated rings. The number of hydrogen-bond donors (Lipinski definition) is 3. The first kappa shape index (κ1) is 18.1. The van der Waals surface area contributed by atoms with E-state index in [1.807, 2.05) is 0 Å². The molecule has 4 N–H and O–H groups in total. The second kappa shape index (κ2) is 7.67. The lowest BCUT2D eigenvalue weighted by molar-refractivity contribution is 0.0651. The minimum absolute atomic E-state index is 0.115. The van der Waals surface area contributed by atoms with Crippen molar-refractivity contribution in [2.45, 2.75) is 0 Å². The predicted octanol–water partition coefficient (Wildman–Crippen LogP) is 1.67. The maximum atomic E-state index is 11.6. The third kappa shape index (κ3) is 3.77. The zero-order valence-electron chi connectivity index (χ0n) is 14.1. The summed E-state index contributed by atoms with van der Waals surface area (Å²) in [5.74, 6) is -2.02. The zero-order valence-corrected chi connectivity index (χ0v) is 14.1. The quantitative estimate of drug-likeness (QED) is 0.572. The molecule has 9 heteroatoms. The summed E-state index contributed by atoms with van der Waals surface area (Å²) in [6, 6.07) is 11.2. The van der Waals surface area contributed by atoms with E-state index in [1.54, 1.807) is 24.3 Å². The van der Waals surface area contributed by atoms with Gasteiger partial charge in [0.05, 0.1) is 23.0 Å². The van der Waals surface area contributed by atoms with Crippen molar-refractivity contribution < 1.29 is 24.5 Å². The molecular formula is C18H16N4O5. The van der Waals surface area contributed by atoms with Gasteiger partial charge in [-0.25, -0.2) is 14.3 Å². The van der Waals surface area contributed by atoms with Crippen LogP contribution in [0.2, 0.25) is 0 Å². The van der Waals surface area contributed by atoms with Gasteiger partial charge in [-0.3, -0.25) is 0 Å². The fourth-order valence-corrected chi connectivity index (χ4v) is 2.55. The first-order valence-electron chi connectivity index (χ1n) is 7.97. The van der Waals surface area contributed by atoms with Gasteiger partial charge in [0, 0.05) is 12.1 Å². The van der Waals surface area contributed by atoms with Gasteiger partial charge in [-0.1, -0.05) is 11.3 Å². The Bertz CT molecular complexity index is 982. The maximum absolute atomic E-state index is 11.6. The molecule has 0 atom stereocenters. The lowest BCUT2D eigenvalue weighted by atomic mass is 10.1. The van der Waals surface area contributed by atoms with E-state index in [-0.39, 0.29) is 16.8 Å². The van der Waals surface area contributed by atoms with Gasteiger partial charge in [0.2, 0.25) is 0 Å². The average molecular weight is 368 g/mol. The van der Waals surface area contributed by atoms with E-state index < -0.39 is 11.9 Å². The van der Waals surface area contributed by atoms with Gasteiger partial charge < -0.3 is 20.7 Å². The first-order valence-corrected chi connectivity index (χ1v) is 7.97. The Morgan fingerprint density at radius 3 is 2.44 bits per heavy atom. The van der Waals surface area contributed by atoms with E-state index in [9.17, 15) is 19.8 Å². The molecule has 138 valence electrons. The summed E-state index contributed by atoms with van der Waals surface area (Å²) in [5, 5.41) is 26.6. The van der Waals surface area contributed by atoms with Crippen LogP contribution in [0.4, 0.5) is 0 Å². The topological polar surface area (TPSA) is 141 Å². The number of ether oxygens (including phenoxy) is 1. The van der Waals surface area contributed by atoms with E-state index in [1.165, 1.54) is 29.1 Å². The van der Waals surface area contributed by atoms with Crippen molar-refractivity contribution in [3.63, 3.8) is 0 Å². The minimum Gasteiger partial charge on any atom is -0.492 e. The Morgan fingerprint density at radius 1 is 1.07 bits per heavy atom. The number of aromatic carboxylic acids is 2. The number of nitrogens with two attached hydrogens (primary N) is 1. The van der Waals surface area contributed by atoms with Gasteiger partial charge in [-0.15, -0.1) is 5.10 Å². The van der Waals surface area contributed by atoms with Crippen molar-refractivity contribution in [3.05, 3.63) is 59.8 Å². The average Bonchev–Trinajstić information content (AvgIpc) is 3.16. The van der Waals surface area contributed by atoms with Crippen LogP contribution < -0.4 is 10.5 Å². The lowest BCUT2D eigenvalue weighted by Crippen LogP contribution is -2.13. The molecule has 27 heavy (non-hydrogen) atoms. The van der Waals surface area contributed by atoms with Crippen molar-refractivity contribution in [2.24, 2.45) is 5.73 Å². The number of rotatable bonds is 7. The Hall–Kier alpha value is -3.72. The van der Waals surface area contributed by atoms with Gasteiger partial charge in [-0.05, 0) is 36.4 Å². The molecule has 0 bridgehead atoms. The molecule has 0 radical (unpaired) electrons. The monoisotopic (exact) mass is 368 g/mol. The van der Waals surface area contributed by atoms with Crippen LogP contribution in [0.3, 0.4) is 0 Å². The molecule has 1 heterocycles. The van der Waals surface area contributed by atoms with Crippen LogP contribution >= 0.6 is 0 Å². The van der Waals surface area contributed by atoms with Crippen LogP contribution in [0.15, 0.2) is 48.7 Å². The standard InChI is InChI=1S/C18H16N4O5/c19-8-9-27-12-6-4-11(5-7-12)14-10-22(21-20-14)15-3-1-2-13(17(23)24)16(15)18(25)26/h1-7,10H,8-9,19H2,(H,23,24)(H,25,26). The summed E-state index contributed by atoms with van der Waals surface area (Å²) >= 11 is 0. The molecule has 3 aromatic rings. The van der Waals surface area contributed by atoms with Gasteiger partial charge in [0.1, 0.15) is 18.1 Å². The summed E-state index contributed by atoms with van der Waals surface area (Å²) in [6.07, 6.45) is 1.53. The molecule has 0 saturated heterocycles. The number of carboxylic acid groups (broad SMARTS) is 2. The van der Waals surface area contributed by atoms with E-state index in [4.69, 9.17) is 10.5 Å². The normalized spacial score (nSPS) is 10.6. The van der Waals surface area contributed by atoms with Gasteiger partial charge in [0.25, 0.3) is 0 Å². The Morgan fingerprint density at radius 2 is 1.81 bits per heavy atom. The zero-order chi connectivity index (χ0) is 19.4. The number of carboxylic acids is 2. The molecule has 0 unspecified atom stereocenters. The van der Waals surface area contributed by atoms with Crippen LogP contribution in [-0.4, -0.2) is 50.3 Å². The summed E-state index contributed by atoms with van der Waals surface area (Å²) < 4.78 is 6.65. The number of aromatic nitrogens is 3. The maximum Gasteiger partial charge on any atom is 0.338 e. The highest BCUT2D eigenvalue weighted by atomic mass is 16.5. The number of hydrogen-bond acceptors (Lipinski definition) is 6. The highest BCUT2D eigenvalue weighted by Gasteiger charge is 2.22. The molecule has 0 spiro atoms. The number of carbonyl (C=O) groups is 2. The van der Waals surface area contributed by atoms with Gasteiger partial charge >= 0.3 is 11.9 Å². The van der Waals surface area contributed by atoms with Crippen LogP contribution in [0.25, 0.3) is 16.9 Å². The largest absolute Gasteiger partial charge is 0.492 e. The van der Waals surface area contributed by atoms with E-state index in [0.717, 1.165) is 5.56 Å². The summed E-state index contributed by atoms with van der Waals surface area (Å²) in [6.45, 7) is 0.824. The van der Waals surface area contributed by atoms with E-state index >= 15 is 0 Å². The SMILES string of the molecule is NCCOc1ccc(-c2cn(-c3cccc(C(=O)O)c3C(=O)O)nn2)cc1. The van der Waals surface area contributed by atoms with Gasteiger partial charge in [0.15, 0.2) is 0 Å². The van der Waals surface area contributed by atoms with Crippen molar-refractivity contribution >= 4 is 11.9 Å². The smallest absolute Gasteiger partial charge is 0.338 e. The Balaban J connectivity index is 1.96. The second-order valence-corrected chi connectivity index (χ2v) is 5.52. The number of nitrogens with zero attached hydrogens (tertiary/aromatic N) is 3. The van der Waals surface area contributed by atoms with Crippen molar-refractivity contribution in [1.29, 1.82) is 0 Å². The molecule has 0 amide bonds. The fraction of sp³-hybridized carbons (Fsp3) is 0.111. The highest BCUT2D eigenvalue weighted by Crippen LogP contribution is 2.23. The molecule has 0 aliphatic heterocycles. The third-order valence-corrected chi connectivity index (χ3v) is 3.76. The molecular weight excluding hydrogens is 352 g/mol. The Kier molecular flexibility index (Phi) is 5.13. The molecule has 3 rings (SSSR count). The molecule has 9 nitrogen and oxygen atoms in total. The van der Waals surface area contributed by atoms with Gasteiger partial charge in [-0.2, -0.15) is 0 Å². The van der Waals surface area contributed by atoms with Crippen LogP contribution in [0.1, 0.15) is 20.7 Å². The van der Waals surface area contributed by atoms with Crippen molar-refractivity contribution in [3.8, 4) is 22.7 Å². The summed E-state index contributed by atoms with van der Waals surface area (Å²) in [5.41, 5.74) is 6.07. The molecule has 0 aliphatic rings. The van der Waals surface area contributed by atoms with Crippen LogP contribution in [0.5, 0.6) is 5.75 Å². The molecule has 0 saturated carbocycles. The summed E-state index contributed by atoms with van der Waals surface area (Å²) in [4.78, 5) is 22.9. The fourth-order valence-electron chi connectivity index (χ4n) is 2.55. The third-order valence-electron chi connectivity index (χ3n) is 3.76. The lowest BCUT2D eigenvalue weighted by Gasteiger charge is -2.08. The summed E-state index contributed by atoms with van der Waals surface area (Å²) in [7, 11) is 0. The van der Waals surface area contributed by atoms with Crippen molar-refractivity contribution in [1.82, 2.24) is 15.0 Å². The van der Waals surface area contributed by atoms with E-state index in [2.05, 4.69) is 10.3 Å². The predicted molar refractivity (Wildman–Crippen MR) is 95.3 cm³/mol. The molecule has 2 aromatic carbocycles.